The highest BCUT2D eigenvalue weighted by atomic mass is 32.2. The zero-order chi connectivity index (χ0) is 17.8. The van der Waals surface area contributed by atoms with Gasteiger partial charge in [-0.3, -0.25) is 15.1 Å². The molecule has 0 fully saturated rings. The quantitative estimate of drug-likeness (QED) is 0.661. The molecule has 25 heavy (non-hydrogen) atoms. The lowest BCUT2D eigenvalue weighted by Gasteiger charge is -2.12. The Kier molecular flexibility index (Phi) is 5.39. The molecule has 0 radical (unpaired) electrons. The SMILES string of the molecule is CC[C@@H](Sc1nnc(-c2cccnc2)n1C)C(=O)Nc1nnc(C)s1. The van der Waals surface area contributed by atoms with Gasteiger partial charge in [-0.15, -0.1) is 20.4 Å². The fourth-order valence-electron chi connectivity index (χ4n) is 2.15. The first-order valence-corrected chi connectivity index (χ1v) is 9.35. The van der Waals surface area contributed by atoms with E-state index in [2.05, 4.69) is 30.7 Å². The maximum absolute atomic E-state index is 12.5. The highest BCUT2D eigenvalue weighted by molar-refractivity contribution is 8.00. The standard InChI is InChI=1S/C15H17N7OS2/c1-4-11(13(23)17-14-20-18-9(2)24-14)25-15-21-19-12(22(15)3)10-6-5-7-16-8-10/h5-8,11H,4H2,1-3H3,(H,17,20,23)/t11-/m1/s1. The summed E-state index contributed by atoms with van der Waals surface area (Å²) in [5, 5.41) is 20.8. The fraction of sp³-hybridized carbons (Fsp3) is 0.333. The van der Waals surface area contributed by atoms with E-state index < -0.39 is 0 Å². The summed E-state index contributed by atoms with van der Waals surface area (Å²) in [5.74, 6) is 0.597. The van der Waals surface area contributed by atoms with Crippen LogP contribution in [0.2, 0.25) is 0 Å². The van der Waals surface area contributed by atoms with Crippen LogP contribution < -0.4 is 5.32 Å². The van der Waals surface area contributed by atoms with Crippen molar-refractivity contribution in [3.8, 4) is 11.4 Å². The average Bonchev–Trinajstić information content (AvgIpc) is 3.19. The van der Waals surface area contributed by atoms with Crippen molar-refractivity contribution in [2.75, 3.05) is 5.32 Å². The number of hydrogen-bond acceptors (Lipinski definition) is 8. The normalized spacial score (nSPS) is 12.1. The molecular weight excluding hydrogens is 358 g/mol. The van der Waals surface area contributed by atoms with Crippen LogP contribution in [0, 0.1) is 6.92 Å². The van der Waals surface area contributed by atoms with E-state index >= 15 is 0 Å². The molecule has 8 nitrogen and oxygen atoms in total. The molecule has 3 aromatic heterocycles. The van der Waals surface area contributed by atoms with Gasteiger partial charge < -0.3 is 4.57 Å². The van der Waals surface area contributed by atoms with Gasteiger partial charge in [0, 0.05) is 25.0 Å². The third kappa shape index (κ3) is 4.02. The molecule has 1 atom stereocenters. The third-order valence-electron chi connectivity index (χ3n) is 3.42. The second-order valence-corrected chi connectivity index (χ2v) is 7.59. The Labute approximate surface area is 153 Å². The lowest BCUT2D eigenvalue weighted by molar-refractivity contribution is -0.115. The summed E-state index contributed by atoms with van der Waals surface area (Å²) >= 11 is 2.73. The summed E-state index contributed by atoms with van der Waals surface area (Å²) < 4.78 is 1.87. The van der Waals surface area contributed by atoms with Gasteiger partial charge in [0.15, 0.2) is 11.0 Å². The first-order chi connectivity index (χ1) is 12.1. The van der Waals surface area contributed by atoms with Crippen LogP contribution >= 0.6 is 23.1 Å². The summed E-state index contributed by atoms with van der Waals surface area (Å²) in [5.41, 5.74) is 0.881. The number of aryl methyl sites for hydroxylation is 1. The summed E-state index contributed by atoms with van der Waals surface area (Å²) in [6.45, 7) is 3.81. The zero-order valence-corrected chi connectivity index (χ0v) is 15.6. The Hall–Kier alpha value is -2.33. The van der Waals surface area contributed by atoms with Crippen molar-refractivity contribution in [3.05, 3.63) is 29.5 Å². The molecule has 0 saturated heterocycles. The first kappa shape index (κ1) is 17.5. The largest absolute Gasteiger partial charge is 0.305 e. The summed E-state index contributed by atoms with van der Waals surface area (Å²) in [6, 6.07) is 3.77. The summed E-state index contributed by atoms with van der Waals surface area (Å²) in [4.78, 5) is 16.6. The molecule has 1 N–H and O–H groups in total. The monoisotopic (exact) mass is 375 g/mol. The number of nitrogens with one attached hydrogen (secondary N) is 1. The minimum absolute atomic E-state index is 0.116. The van der Waals surface area contributed by atoms with E-state index in [4.69, 9.17) is 0 Å². The number of aromatic nitrogens is 6. The van der Waals surface area contributed by atoms with Gasteiger partial charge in [-0.1, -0.05) is 30.0 Å². The van der Waals surface area contributed by atoms with E-state index in [1.165, 1.54) is 23.1 Å². The molecule has 10 heteroatoms. The van der Waals surface area contributed by atoms with Gasteiger partial charge in [-0.05, 0) is 25.5 Å². The van der Waals surface area contributed by atoms with Crippen LogP contribution in [0.5, 0.6) is 0 Å². The molecule has 0 spiro atoms. The molecule has 0 unspecified atom stereocenters. The molecule has 0 saturated carbocycles. The molecule has 130 valence electrons. The maximum Gasteiger partial charge on any atom is 0.239 e. The van der Waals surface area contributed by atoms with Gasteiger partial charge in [-0.25, -0.2) is 0 Å². The number of carbonyl (C=O) groups is 1. The number of thioether (sulfide) groups is 1. The zero-order valence-electron chi connectivity index (χ0n) is 14.0. The van der Waals surface area contributed by atoms with Crippen LogP contribution in [-0.4, -0.2) is 41.1 Å². The lowest BCUT2D eigenvalue weighted by atomic mass is 10.3. The van der Waals surface area contributed by atoms with Crippen molar-refractivity contribution >= 4 is 34.1 Å². The van der Waals surface area contributed by atoms with Crippen molar-refractivity contribution in [2.24, 2.45) is 7.05 Å². The van der Waals surface area contributed by atoms with Crippen molar-refractivity contribution in [3.63, 3.8) is 0 Å². The van der Waals surface area contributed by atoms with E-state index in [1.54, 1.807) is 12.4 Å². The first-order valence-electron chi connectivity index (χ1n) is 7.66. The molecule has 0 bridgehead atoms. The van der Waals surface area contributed by atoms with Gasteiger partial charge in [0.1, 0.15) is 5.01 Å². The van der Waals surface area contributed by atoms with Crippen molar-refractivity contribution in [1.29, 1.82) is 0 Å². The van der Waals surface area contributed by atoms with Crippen LogP contribution in [0.3, 0.4) is 0 Å². The van der Waals surface area contributed by atoms with Gasteiger partial charge in [0.25, 0.3) is 0 Å². The molecule has 0 aliphatic rings. The molecule has 3 heterocycles. The topological polar surface area (TPSA) is 98.5 Å². The van der Waals surface area contributed by atoms with Gasteiger partial charge in [-0.2, -0.15) is 0 Å². The molecule has 0 aliphatic heterocycles. The highest BCUT2D eigenvalue weighted by Gasteiger charge is 2.23. The number of hydrogen-bond donors (Lipinski definition) is 1. The number of rotatable bonds is 6. The van der Waals surface area contributed by atoms with Gasteiger partial charge >= 0.3 is 0 Å². The minimum Gasteiger partial charge on any atom is -0.305 e. The van der Waals surface area contributed by atoms with Crippen LogP contribution in [0.1, 0.15) is 18.4 Å². The minimum atomic E-state index is -0.297. The van der Waals surface area contributed by atoms with Crippen molar-refractivity contribution in [1.82, 2.24) is 29.9 Å². The second-order valence-electron chi connectivity index (χ2n) is 5.24. The molecule has 0 aromatic carbocycles. The number of carbonyl (C=O) groups excluding carboxylic acids is 1. The Morgan fingerprint density at radius 1 is 1.36 bits per heavy atom. The average molecular weight is 375 g/mol. The smallest absolute Gasteiger partial charge is 0.239 e. The molecular formula is C15H17N7OS2. The molecule has 1 amide bonds. The van der Waals surface area contributed by atoms with Gasteiger partial charge in [0.2, 0.25) is 11.0 Å². The third-order valence-corrected chi connectivity index (χ3v) is 5.57. The fourth-order valence-corrected chi connectivity index (χ4v) is 3.66. The van der Waals surface area contributed by atoms with E-state index in [9.17, 15) is 4.79 Å². The van der Waals surface area contributed by atoms with Crippen LogP contribution in [0.4, 0.5) is 5.13 Å². The Bertz CT molecular complexity index is 862. The Morgan fingerprint density at radius 3 is 2.84 bits per heavy atom. The number of pyridine rings is 1. The van der Waals surface area contributed by atoms with Crippen LogP contribution in [0.15, 0.2) is 29.7 Å². The Morgan fingerprint density at radius 2 is 2.20 bits per heavy atom. The molecule has 0 aliphatic carbocycles. The number of amides is 1. The van der Waals surface area contributed by atoms with Crippen molar-refractivity contribution < 1.29 is 4.79 Å². The van der Waals surface area contributed by atoms with Crippen LogP contribution in [0.25, 0.3) is 11.4 Å². The second kappa shape index (κ2) is 7.70. The highest BCUT2D eigenvalue weighted by Crippen LogP contribution is 2.28. The summed E-state index contributed by atoms with van der Waals surface area (Å²) in [6.07, 6.45) is 4.10. The number of nitrogens with zero attached hydrogens (tertiary/aromatic N) is 6. The predicted octanol–water partition coefficient (Wildman–Crippen LogP) is 2.55. The van der Waals surface area contributed by atoms with E-state index in [1.807, 2.05) is 37.6 Å². The maximum atomic E-state index is 12.5. The van der Waals surface area contributed by atoms with E-state index in [-0.39, 0.29) is 11.2 Å². The lowest BCUT2D eigenvalue weighted by Crippen LogP contribution is -2.25. The molecule has 3 rings (SSSR count). The Balaban J connectivity index is 1.74. The summed E-state index contributed by atoms with van der Waals surface area (Å²) in [7, 11) is 1.88. The van der Waals surface area contributed by atoms with Gasteiger partial charge in [0.05, 0.1) is 5.25 Å². The van der Waals surface area contributed by atoms with Crippen molar-refractivity contribution in [2.45, 2.75) is 30.7 Å². The predicted molar refractivity (Wildman–Crippen MR) is 97.4 cm³/mol. The van der Waals surface area contributed by atoms with E-state index in [0.29, 0.717) is 22.5 Å². The molecule has 3 aromatic rings. The number of anilines is 1. The van der Waals surface area contributed by atoms with Crippen LogP contribution in [-0.2, 0) is 11.8 Å². The van der Waals surface area contributed by atoms with E-state index in [0.717, 1.165) is 10.6 Å².